The van der Waals surface area contributed by atoms with Crippen LogP contribution in [0.5, 0.6) is 0 Å². The van der Waals surface area contributed by atoms with E-state index in [9.17, 15) is 9.18 Å². The summed E-state index contributed by atoms with van der Waals surface area (Å²) < 4.78 is 13.1. The van der Waals surface area contributed by atoms with Crippen LogP contribution in [0.25, 0.3) is 0 Å². The third-order valence-electron chi connectivity index (χ3n) is 2.63. The molecular formula is C14H13ClFN3O. The minimum Gasteiger partial charge on any atom is -0.362 e. The zero-order valence-corrected chi connectivity index (χ0v) is 11.8. The number of halogens is 2. The van der Waals surface area contributed by atoms with Gasteiger partial charge in [-0.15, -0.1) is 0 Å². The molecule has 1 N–H and O–H groups in total. The zero-order valence-electron chi connectivity index (χ0n) is 11.0. The van der Waals surface area contributed by atoms with Gasteiger partial charge in [-0.1, -0.05) is 11.6 Å². The first-order valence-electron chi connectivity index (χ1n) is 5.88. The third kappa shape index (κ3) is 3.05. The maximum atomic E-state index is 13.1. The van der Waals surface area contributed by atoms with Crippen LogP contribution in [-0.2, 0) is 0 Å². The van der Waals surface area contributed by atoms with E-state index in [2.05, 4.69) is 10.3 Å². The summed E-state index contributed by atoms with van der Waals surface area (Å²) in [6.45, 7) is 0. The highest BCUT2D eigenvalue weighted by molar-refractivity contribution is 6.31. The zero-order chi connectivity index (χ0) is 14.7. The van der Waals surface area contributed by atoms with Crippen molar-refractivity contribution in [3.05, 3.63) is 52.9 Å². The van der Waals surface area contributed by atoms with Gasteiger partial charge in [-0.05, 0) is 30.3 Å². The molecule has 2 rings (SSSR count). The van der Waals surface area contributed by atoms with Crippen molar-refractivity contribution in [2.75, 3.05) is 24.3 Å². The predicted octanol–water partition coefficient (Wildman–Crippen LogP) is 3.19. The van der Waals surface area contributed by atoms with Gasteiger partial charge >= 0.3 is 0 Å². The van der Waals surface area contributed by atoms with Gasteiger partial charge in [0.15, 0.2) is 0 Å². The SMILES string of the molecule is CN(C)c1ncccc1C(=O)Nc1ccc(F)c(Cl)c1. The van der Waals surface area contributed by atoms with E-state index in [-0.39, 0.29) is 10.9 Å². The van der Waals surface area contributed by atoms with E-state index >= 15 is 0 Å². The molecule has 0 atom stereocenters. The first-order valence-corrected chi connectivity index (χ1v) is 6.25. The van der Waals surface area contributed by atoms with E-state index in [1.807, 2.05) is 0 Å². The molecule has 0 fully saturated rings. The number of hydrogen-bond acceptors (Lipinski definition) is 3. The number of carbonyl (C=O) groups is 1. The van der Waals surface area contributed by atoms with Crippen LogP contribution in [0.2, 0.25) is 5.02 Å². The fourth-order valence-corrected chi connectivity index (χ4v) is 1.88. The Hall–Kier alpha value is -2.14. The molecular weight excluding hydrogens is 281 g/mol. The number of rotatable bonds is 3. The average Bonchev–Trinajstić information content (AvgIpc) is 2.43. The molecule has 0 aliphatic heterocycles. The van der Waals surface area contributed by atoms with Crippen molar-refractivity contribution >= 4 is 29.0 Å². The lowest BCUT2D eigenvalue weighted by molar-refractivity contribution is 0.102. The lowest BCUT2D eigenvalue weighted by Gasteiger charge is -2.15. The van der Waals surface area contributed by atoms with Crippen molar-refractivity contribution in [3.63, 3.8) is 0 Å². The molecule has 0 aliphatic carbocycles. The molecule has 0 saturated carbocycles. The fraction of sp³-hybridized carbons (Fsp3) is 0.143. The smallest absolute Gasteiger partial charge is 0.259 e. The van der Waals surface area contributed by atoms with E-state index < -0.39 is 5.82 Å². The minimum absolute atomic E-state index is 0.0400. The summed E-state index contributed by atoms with van der Waals surface area (Å²) in [4.78, 5) is 18.1. The quantitative estimate of drug-likeness (QED) is 0.945. The van der Waals surface area contributed by atoms with Crippen molar-refractivity contribution in [2.24, 2.45) is 0 Å². The van der Waals surface area contributed by atoms with Crippen molar-refractivity contribution in [1.82, 2.24) is 4.98 Å². The largest absolute Gasteiger partial charge is 0.362 e. The van der Waals surface area contributed by atoms with Gasteiger partial charge in [-0.2, -0.15) is 0 Å². The van der Waals surface area contributed by atoms with Gasteiger partial charge in [0.05, 0.1) is 10.6 Å². The van der Waals surface area contributed by atoms with Crippen LogP contribution in [-0.4, -0.2) is 25.0 Å². The third-order valence-corrected chi connectivity index (χ3v) is 2.92. The number of carbonyl (C=O) groups excluding carboxylic acids is 1. The van der Waals surface area contributed by atoms with E-state index in [0.29, 0.717) is 17.1 Å². The van der Waals surface area contributed by atoms with Crippen molar-refractivity contribution < 1.29 is 9.18 Å². The van der Waals surface area contributed by atoms with Crippen LogP contribution in [0.1, 0.15) is 10.4 Å². The monoisotopic (exact) mass is 293 g/mol. The molecule has 0 spiro atoms. The summed E-state index contributed by atoms with van der Waals surface area (Å²) in [5.74, 6) is -0.303. The predicted molar refractivity (Wildman–Crippen MR) is 77.9 cm³/mol. The Morgan fingerprint density at radius 3 is 2.75 bits per heavy atom. The van der Waals surface area contributed by atoms with Gasteiger partial charge in [0.2, 0.25) is 0 Å². The van der Waals surface area contributed by atoms with E-state index in [4.69, 9.17) is 11.6 Å². The number of hydrogen-bond donors (Lipinski definition) is 1. The fourth-order valence-electron chi connectivity index (χ4n) is 1.70. The highest BCUT2D eigenvalue weighted by Crippen LogP contribution is 2.21. The van der Waals surface area contributed by atoms with Crippen LogP contribution in [0.3, 0.4) is 0 Å². The topological polar surface area (TPSA) is 45.2 Å². The van der Waals surface area contributed by atoms with Crippen LogP contribution in [0.4, 0.5) is 15.9 Å². The van der Waals surface area contributed by atoms with Gasteiger partial charge < -0.3 is 10.2 Å². The van der Waals surface area contributed by atoms with Crippen LogP contribution >= 0.6 is 11.6 Å². The Morgan fingerprint density at radius 2 is 2.10 bits per heavy atom. The Labute approximate surface area is 121 Å². The summed E-state index contributed by atoms with van der Waals surface area (Å²) in [7, 11) is 3.60. The highest BCUT2D eigenvalue weighted by atomic mass is 35.5. The number of anilines is 2. The molecule has 1 aromatic carbocycles. The molecule has 104 valence electrons. The second-order valence-electron chi connectivity index (χ2n) is 4.35. The molecule has 4 nitrogen and oxygen atoms in total. The second kappa shape index (κ2) is 5.88. The summed E-state index contributed by atoms with van der Waals surface area (Å²) in [6, 6.07) is 7.36. The van der Waals surface area contributed by atoms with Crippen molar-refractivity contribution in [1.29, 1.82) is 0 Å². The Bertz CT molecular complexity index is 646. The number of amides is 1. The molecule has 1 heterocycles. The number of aromatic nitrogens is 1. The molecule has 0 unspecified atom stereocenters. The Kier molecular flexibility index (Phi) is 4.20. The van der Waals surface area contributed by atoms with E-state index in [1.165, 1.54) is 18.2 Å². The standard InChI is InChI=1S/C14H13ClFN3O/c1-19(2)13-10(4-3-7-17-13)14(20)18-9-5-6-12(16)11(15)8-9/h3-8H,1-2H3,(H,18,20). The maximum absolute atomic E-state index is 13.1. The molecule has 0 bridgehead atoms. The summed E-state index contributed by atoms with van der Waals surface area (Å²) >= 11 is 5.68. The summed E-state index contributed by atoms with van der Waals surface area (Å²) in [5, 5.41) is 2.62. The van der Waals surface area contributed by atoms with Gasteiger partial charge in [-0.25, -0.2) is 9.37 Å². The van der Waals surface area contributed by atoms with E-state index in [0.717, 1.165) is 0 Å². The average molecular weight is 294 g/mol. The van der Waals surface area contributed by atoms with E-state index in [1.54, 1.807) is 37.3 Å². The Morgan fingerprint density at radius 1 is 1.35 bits per heavy atom. The van der Waals surface area contributed by atoms with Crippen molar-refractivity contribution in [3.8, 4) is 0 Å². The molecule has 1 amide bonds. The van der Waals surface area contributed by atoms with Gasteiger partial charge in [0.25, 0.3) is 5.91 Å². The second-order valence-corrected chi connectivity index (χ2v) is 4.76. The van der Waals surface area contributed by atoms with Crippen molar-refractivity contribution in [2.45, 2.75) is 0 Å². The number of nitrogens with one attached hydrogen (secondary N) is 1. The first kappa shape index (κ1) is 14.3. The minimum atomic E-state index is -0.528. The van der Waals surface area contributed by atoms with Crippen LogP contribution in [0, 0.1) is 5.82 Å². The molecule has 1 aromatic heterocycles. The number of benzene rings is 1. The molecule has 0 aliphatic rings. The summed E-state index contributed by atoms with van der Waals surface area (Å²) in [6.07, 6.45) is 1.61. The lowest BCUT2D eigenvalue weighted by atomic mass is 10.2. The normalized spacial score (nSPS) is 10.2. The molecule has 0 radical (unpaired) electrons. The molecule has 2 aromatic rings. The molecule has 20 heavy (non-hydrogen) atoms. The van der Waals surface area contributed by atoms with Gasteiger partial charge in [-0.3, -0.25) is 4.79 Å². The van der Waals surface area contributed by atoms with Crippen LogP contribution in [0.15, 0.2) is 36.5 Å². The number of nitrogens with zero attached hydrogens (tertiary/aromatic N) is 2. The molecule has 6 heteroatoms. The Balaban J connectivity index is 2.26. The first-order chi connectivity index (χ1) is 9.49. The van der Waals surface area contributed by atoms with Gasteiger partial charge in [0, 0.05) is 26.0 Å². The maximum Gasteiger partial charge on any atom is 0.259 e. The lowest BCUT2D eigenvalue weighted by Crippen LogP contribution is -2.19. The van der Waals surface area contributed by atoms with Crippen LogP contribution < -0.4 is 10.2 Å². The molecule has 0 saturated heterocycles. The van der Waals surface area contributed by atoms with Gasteiger partial charge in [0.1, 0.15) is 11.6 Å². The highest BCUT2D eigenvalue weighted by Gasteiger charge is 2.14. The number of pyridine rings is 1. The summed E-state index contributed by atoms with van der Waals surface area (Å²) in [5.41, 5.74) is 0.855.